The van der Waals surface area contributed by atoms with Crippen LogP contribution in [0.1, 0.15) is 16.2 Å². The molecule has 0 spiro atoms. The third kappa shape index (κ3) is 4.09. The van der Waals surface area contributed by atoms with E-state index < -0.39 is 11.9 Å². The molecule has 0 radical (unpaired) electrons. The molecule has 1 aromatic carbocycles. The first-order valence-corrected chi connectivity index (χ1v) is 6.86. The summed E-state index contributed by atoms with van der Waals surface area (Å²) in [7, 11) is 0. The summed E-state index contributed by atoms with van der Waals surface area (Å²) in [6.07, 6.45) is 0. The van der Waals surface area contributed by atoms with E-state index in [9.17, 15) is 9.59 Å². The molecule has 1 aromatic heterocycles. The van der Waals surface area contributed by atoms with Gasteiger partial charge in [0.25, 0.3) is 5.91 Å². The van der Waals surface area contributed by atoms with Crippen molar-refractivity contribution in [3.8, 4) is 5.75 Å². The van der Waals surface area contributed by atoms with Crippen LogP contribution in [-0.4, -0.2) is 28.6 Å². The van der Waals surface area contributed by atoms with Crippen molar-refractivity contribution in [1.82, 2.24) is 4.98 Å². The number of anilines is 1. The lowest BCUT2D eigenvalue weighted by Crippen LogP contribution is -2.21. The highest BCUT2D eigenvalue weighted by Crippen LogP contribution is 2.18. The fraction of sp³-hybridized carbons (Fsp3) is 0.143. The van der Waals surface area contributed by atoms with Crippen molar-refractivity contribution in [2.75, 3.05) is 11.9 Å². The van der Waals surface area contributed by atoms with Crippen LogP contribution in [0, 0.1) is 6.92 Å². The number of rotatable bonds is 5. The number of hydrogen-bond donors (Lipinski definition) is 3. The number of carboxylic acids is 1. The minimum Gasteiger partial charge on any atom is -0.484 e. The lowest BCUT2D eigenvalue weighted by atomic mass is 10.3. The molecule has 0 unspecified atom stereocenters. The normalized spacial score (nSPS) is 10.2. The van der Waals surface area contributed by atoms with Crippen molar-refractivity contribution in [2.24, 2.45) is 0 Å². The van der Waals surface area contributed by atoms with Crippen LogP contribution in [0.3, 0.4) is 0 Å². The Labute approximate surface area is 129 Å². The van der Waals surface area contributed by atoms with Crippen LogP contribution in [0.15, 0.2) is 34.8 Å². The van der Waals surface area contributed by atoms with E-state index in [1.165, 1.54) is 0 Å². The van der Waals surface area contributed by atoms with Crippen LogP contribution in [-0.2, 0) is 4.79 Å². The molecule has 1 amide bonds. The second-order valence-electron chi connectivity index (χ2n) is 4.34. The number of benzene rings is 1. The highest BCUT2D eigenvalue weighted by Gasteiger charge is 2.15. The third-order valence-electron chi connectivity index (χ3n) is 2.62. The number of nitrogens with one attached hydrogen (secondary N) is 2. The van der Waals surface area contributed by atoms with Gasteiger partial charge >= 0.3 is 5.97 Å². The number of amides is 1. The lowest BCUT2D eigenvalue weighted by Gasteiger charge is -2.07. The van der Waals surface area contributed by atoms with E-state index in [1.807, 2.05) is 0 Å². The van der Waals surface area contributed by atoms with Crippen molar-refractivity contribution < 1.29 is 19.4 Å². The minimum atomic E-state index is -1.13. The first-order chi connectivity index (χ1) is 9.95. The molecule has 21 heavy (non-hydrogen) atoms. The number of aromatic carboxylic acids is 1. The molecule has 2 aromatic rings. The van der Waals surface area contributed by atoms with E-state index in [2.05, 4.69) is 26.2 Å². The van der Waals surface area contributed by atoms with Crippen LogP contribution >= 0.6 is 15.9 Å². The number of hydrogen-bond acceptors (Lipinski definition) is 3. The second-order valence-corrected chi connectivity index (χ2v) is 5.25. The van der Waals surface area contributed by atoms with Gasteiger partial charge in [-0.2, -0.15) is 0 Å². The van der Waals surface area contributed by atoms with Crippen molar-refractivity contribution in [3.05, 3.63) is 46.2 Å². The maximum Gasteiger partial charge on any atom is 0.354 e. The summed E-state index contributed by atoms with van der Waals surface area (Å²) >= 11 is 3.30. The van der Waals surface area contributed by atoms with Crippen LogP contribution in [0.25, 0.3) is 0 Å². The largest absolute Gasteiger partial charge is 0.484 e. The maximum absolute atomic E-state index is 11.8. The molecule has 0 aliphatic carbocycles. The van der Waals surface area contributed by atoms with E-state index in [1.54, 1.807) is 37.3 Å². The molecular formula is C14H13BrN2O4. The minimum absolute atomic E-state index is 0.0514. The zero-order chi connectivity index (χ0) is 15.4. The number of carboxylic acid groups (broad SMARTS) is 1. The Balaban J connectivity index is 1.96. The Hall–Kier alpha value is -2.28. The number of carbonyl (C=O) groups excluding carboxylic acids is 1. The first-order valence-electron chi connectivity index (χ1n) is 6.07. The molecule has 0 bridgehead atoms. The Morgan fingerprint density at radius 3 is 2.62 bits per heavy atom. The molecule has 3 N–H and O–H groups in total. The predicted octanol–water partition coefficient (Wildman–Crippen LogP) is 2.80. The number of halogens is 1. The van der Waals surface area contributed by atoms with Crippen molar-refractivity contribution in [1.29, 1.82) is 0 Å². The standard InChI is InChI=1S/C14H13BrN2O4/c1-8-6-11(13(16-8)14(19)20)17-12(18)7-21-10-4-2-9(15)3-5-10/h2-6,16H,7H2,1H3,(H,17,18)(H,19,20). The van der Waals surface area contributed by atoms with Gasteiger partial charge in [0, 0.05) is 10.2 Å². The monoisotopic (exact) mass is 352 g/mol. The summed E-state index contributed by atoms with van der Waals surface area (Å²) < 4.78 is 6.22. The number of aromatic amines is 1. The van der Waals surface area contributed by atoms with Crippen LogP contribution in [0.2, 0.25) is 0 Å². The number of carbonyl (C=O) groups is 2. The molecule has 0 aliphatic heterocycles. The second kappa shape index (κ2) is 6.45. The highest BCUT2D eigenvalue weighted by atomic mass is 79.9. The topological polar surface area (TPSA) is 91.4 Å². The zero-order valence-electron chi connectivity index (χ0n) is 11.1. The quantitative estimate of drug-likeness (QED) is 0.771. The first kappa shape index (κ1) is 15.1. The molecule has 0 atom stereocenters. The number of aryl methyl sites for hydroxylation is 1. The van der Waals surface area contributed by atoms with Crippen LogP contribution < -0.4 is 10.1 Å². The number of ether oxygens (including phenoxy) is 1. The van der Waals surface area contributed by atoms with Gasteiger partial charge in [0.05, 0.1) is 5.69 Å². The van der Waals surface area contributed by atoms with Crippen molar-refractivity contribution >= 4 is 33.5 Å². The third-order valence-corrected chi connectivity index (χ3v) is 3.15. The van der Waals surface area contributed by atoms with E-state index in [0.29, 0.717) is 11.4 Å². The summed E-state index contributed by atoms with van der Waals surface area (Å²) in [5.41, 5.74) is 0.824. The fourth-order valence-electron chi connectivity index (χ4n) is 1.72. The fourth-order valence-corrected chi connectivity index (χ4v) is 1.99. The molecule has 2 rings (SSSR count). The van der Waals surface area contributed by atoms with Gasteiger partial charge in [-0.05, 0) is 37.3 Å². The Morgan fingerprint density at radius 1 is 1.33 bits per heavy atom. The zero-order valence-corrected chi connectivity index (χ0v) is 12.7. The van der Waals surface area contributed by atoms with E-state index in [4.69, 9.17) is 9.84 Å². The van der Waals surface area contributed by atoms with Gasteiger partial charge < -0.3 is 20.1 Å². The van der Waals surface area contributed by atoms with Gasteiger partial charge in [-0.1, -0.05) is 15.9 Å². The number of aromatic nitrogens is 1. The van der Waals surface area contributed by atoms with Gasteiger partial charge in [0.1, 0.15) is 11.4 Å². The lowest BCUT2D eigenvalue weighted by molar-refractivity contribution is -0.118. The SMILES string of the molecule is Cc1cc(NC(=O)COc2ccc(Br)cc2)c(C(=O)O)[nH]1. The maximum atomic E-state index is 11.8. The molecule has 0 saturated heterocycles. The van der Waals surface area contributed by atoms with Gasteiger partial charge in [-0.3, -0.25) is 4.79 Å². The van der Waals surface area contributed by atoms with E-state index >= 15 is 0 Å². The molecule has 0 fully saturated rings. The van der Waals surface area contributed by atoms with Gasteiger partial charge in [-0.25, -0.2) is 4.79 Å². The highest BCUT2D eigenvalue weighted by molar-refractivity contribution is 9.10. The summed E-state index contributed by atoms with van der Waals surface area (Å²) in [5.74, 6) is -1.01. The summed E-state index contributed by atoms with van der Waals surface area (Å²) in [6, 6.07) is 8.60. The Kier molecular flexibility index (Phi) is 4.64. The van der Waals surface area contributed by atoms with E-state index in [-0.39, 0.29) is 18.0 Å². The van der Waals surface area contributed by atoms with Crippen LogP contribution in [0.4, 0.5) is 5.69 Å². The van der Waals surface area contributed by atoms with Gasteiger partial charge in [0.15, 0.2) is 6.61 Å². The smallest absolute Gasteiger partial charge is 0.354 e. The van der Waals surface area contributed by atoms with Crippen molar-refractivity contribution in [2.45, 2.75) is 6.92 Å². The molecule has 110 valence electrons. The van der Waals surface area contributed by atoms with Gasteiger partial charge in [-0.15, -0.1) is 0 Å². The summed E-state index contributed by atoms with van der Waals surface area (Å²) in [4.78, 5) is 25.5. The van der Waals surface area contributed by atoms with E-state index in [0.717, 1.165) is 4.47 Å². The molecule has 1 heterocycles. The molecule has 0 aliphatic rings. The van der Waals surface area contributed by atoms with Crippen molar-refractivity contribution in [3.63, 3.8) is 0 Å². The molecular weight excluding hydrogens is 340 g/mol. The van der Waals surface area contributed by atoms with Gasteiger partial charge in [0.2, 0.25) is 0 Å². The molecule has 0 saturated carbocycles. The number of H-pyrrole nitrogens is 1. The molecule has 7 heteroatoms. The molecule has 6 nitrogen and oxygen atoms in total. The average Bonchev–Trinajstić information content (AvgIpc) is 2.79. The predicted molar refractivity (Wildman–Crippen MR) is 80.8 cm³/mol. The average molecular weight is 353 g/mol. The Bertz CT molecular complexity index is 664. The summed E-state index contributed by atoms with van der Waals surface area (Å²) in [6.45, 7) is 1.51. The Morgan fingerprint density at radius 2 is 2.00 bits per heavy atom. The summed E-state index contributed by atoms with van der Waals surface area (Å²) in [5, 5.41) is 11.5. The van der Waals surface area contributed by atoms with Crippen LogP contribution in [0.5, 0.6) is 5.75 Å².